The molecule has 0 fully saturated rings. The van der Waals surface area contributed by atoms with Crippen LogP contribution < -0.4 is 14.8 Å². The number of rotatable bonds is 8. The van der Waals surface area contributed by atoms with Crippen LogP contribution in [0, 0.1) is 0 Å². The Hall–Kier alpha value is -2.92. The lowest BCUT2D eigenvalue weighted by atomic mass is 10.1. The van der Waals surface area contributed by atoms with Gasteiger partial charge in [-0.05, 0) is 42.3 Å². The van der Waals surface area contributed by atoms with Gasteiger partial charge in [-0.15, -0.1) is 11.8 Å². The summed E-state index contributed by atoms with van der Waals surface area (Å²) in [6.07, 6.45) is 0. The summed E-state index contributed by atoms with van der Waals surface area (Å²) in [5.74, 6) is 2.03. The number of carbonyl (C=O) groups is 1. The molecule has 0 spiro atoms. The maximum Gasteiger partial charge on any atom is 0.252 e. The molecule has 0 aromatic heterocycles. The average molecular weight is 408 g/mol. The Kier molecular flexibility index (Phi) is 7.19. The monoisotopic (exact) mass is 407 g/mol. The molecule has 0 aliphatic rings. The molecule has 4 nitrogen and oxygen atoms in total. The highest BCUT2D eigenvalue weighted by Gasteiger charge is 2.16. The number of hydrogen-bond acceptors (Lipinski definition) is 4. The molecule has 1 N–H and O–H groups in total. The van der Waals surface area contributed by atoms with Gasteiger partial charge < -0.3 is 14.8 Å². The van der Waals surface area contributed by atoms with Crippen molar-refractivity contribution >= 4 is 17.7 Å². The summed E-state index contributed by atoms with van der Waals surface area (Å²) in [7, 11) is 3.21. The van der Waals surface area contributed by atoms with Gasteiger partial charge in [0.05, 0.1) is 25.8 Å². The highest BCUT2D eigenvalue weighted by atomic mass is 32.2. The van der Waals surface area contributed by atoms with E-state index in [1.807, 2.05) is 67.6 Å². The average Bonchev–Trinajstić information content (AvgIpc) is 2.78. The van der Waals surface area contributed by atoms with E-state index in [0.717, 1.165) is 16.2 Å². The zero-order valence-corrected chi connectivity index (χ0v) is 17.7. The third-order valence-corrected chi connectivity index (χ3v) is 5.77. The molecule has 0 radical (unpaired) electrons. The predicted molar refractivity (Wildman–Crippen MR) is 118 cm³/mol. The van der Waals surface area contributed by atoms with Crippen LogP contribution in [0.15, 0.2) is 77.7 Å². The van der Waals surface area contributed by atoms with Crippen LogP contribution in [0.3, 0.4) is 0 Å². The summed E-state index contributed by atoms with van der Waals surface area (Å²) >= 11 is 1.67. The van der Waals surface area contributed by atoms with Gasteiger partial charge in [0.25, 0.3) is 5.91 Å². The van der Waals surface area contributed by atoms with Crippen LogP contribution in [0.1, 0.15) is 34.5 Å². The Balaban J connectivity index is 1.72. The van der Waals surface area contributed by atoms with Crippen molar-refractivity contribution in [3.63, 3.8) is 0 Å². The Morgan fingerprint density at radius 1 is 0.931 bits per heavy atom. The predicted octanol–water partition coefficient (Wildman–Crippen LogP) is 5.49. The third kappa shape index (κ3) is 5.33. The van der Waals surface area contributed by atoms with Crippen LogP contribution in [-0.4, -0.2) is 20.1 Å². The molecule has 5 heteroatoms. The van der Waals surface area contributed by atoms with Gasteiger partial charge in [-0.2, -0.15) is 0 Å². The summed E-state index contributed by atoms with van der Waals surface area (Å²) in [5, 5.41) is 3.09. The lowest BCUT2D eigenvalue weighted by Gasteiger charge is -2.17. The van der Waals surface area contributed by atoms with Gasteiger partial charge in [-0.3, -0.25) is 4.79 Å². The fourth-order valence-corrected chi connectivity index (χ4v) is 4.00. The first-order valence-electron chi connectivity index (χ1n) is 9.41. The Labute approximate surface area is 176 Å². The van der Waals surface area contributed by atoms with Gasteiger partial charge in [0.2, 0.25) is 0 Å². The fourth-order valence-electron chi connectivity index (χ4n) is 3.00. The van der Waals surface area contributed by atoms with Crippen molar-refractivity contribution in [2.75, 3.05) is 14.2 Å². The Morgan fingerprint density at radius 3 is 2.34 bits per heavy atom. The molecule has 0 aliphatic carbocycles. The van der Waals surface area contributed by atoms with E-state index in [-0.39, 0.29) is 11.9 Å². The standard InChI is InChI=1S/C24H25NO3S/c1-17(19-13-14-21(27-2)22(15-19)28-3)25-24(26)20-11-7-8-12-23(20)29-16-18-9-5-4-6-10-18/h4-15,17H,16H2,1-3H3,(H,25,26). The fraction of sp³-hybridized carbons (Fsp3) is 0.208. The van der Waals surface area contributed by atoms with E-state index in [0.29, 0.717) is 17.1 Å². The minimum Gasteiger partial charge on any atom is -0.493 e. The number of carbonyl (C=O) groups excluding carboxylic acids is 1. The summed E-state index contributed by atoms with van der Waals surface area (Å²) in [6.45, 7) is 1.96. The molecular formula is C24H25NO3S. The Morgan fingerprint density at radius 2 is 1.62 bits per heavy atom. The van der Waals surface area contributed by atoms with E-state index >= 15 is 0 Å². The first-order chi connectivity index (χ1) is 14.1. The zero-order valence-electron chi connectivity index (χ0n) is 16.8. The quantitative estimate of drug-likeness (QED) is 0.502. The minimum absolute atomic E-state index is 0.0940. The van der Waals surface area contributed by atoms with Gasteiger partial charge >= 0.3 is 0 Å². The van der Waals surface area contributed by atoms with Crippen LogP contribution in [-0.2, 0) is 5.75 Å². The topological polar surface area (TPSA) is 47.6 Å². The molecule has 3 rings (SSSR count). The van der Waals surface area contributed by atoms with Crippen molar-refractivity contribution < 1.29 is 14.3 Å². The molecule has 3 aromatic carbocycles. The SMILES string of the molecule is COc1ccc(C(C)NC(=O)c2ccccc2SCc2ccccc2)cc1OC. The van der Waals surface area contributed by atoms with E-state index in [2.05, 4.69) is 17.4 Å². The maximum absolute atomic E-state index is 13.0. The van der Waals surface area contributed by atoms with Gasteiger partial charge in [0.1, 0.15) is 0 Å². The number of benzene rings is 3. The van der Waals surface area contributed by atoms with Crippen molar-refractivity contribution in [3.8, 4) is 11.5 Å². The highest BCUT2D eigenvalue weighted by Crippen LogP contribution is 2.31. The highest BCUT2D eigenvalue weighted by molar-refractivity contribution is 7.98. The summed E-state index contributed by atoms with van der Waals surface area (Å²) in [5.41, 5.74) is 2.86. The number of ether oxygens (including phenoxy) is 2. The van der Waals surface area contributed by atoms with Crippen LogP contribution in [0.25, 0.3) is 0 Å². The second-order valence-electron chi connectivity index (χ2n) is 6.58. The molecule has 0 heterocycles. The lowest BCUT2D eigenvalue weighted by Crippen LogP contribution is -2.27. The largest absolute Gasteiger partial charge is 0.493 e. The van der Waals surface area contributed by atoms with E-state index in [1.54, 1.807) is 26.0 Å². The molecule has 0 aliphatic heterocycles. The molecule has 1 unspecified atom stereocenters. The molecule has 0 bridgehead atoms. The first kappa shape index (κ1) is 20.8. The van der Waals surface area contributed by atoms with Crippen LogP contribution in [0.2, 0.25) is 0 Å². The summed E-state index contributed by atoms with van der Waals surface area (Å²) < 4.78 is 10.7. The molecule has 1 atom stereocenters. The van der Waals surface area contributed by atoms with E-state index in [4.69, 9.17) is 9.47 Å². The second kappa shape index (κ2) is 10.0. The molecule has 29 heavy (non-hydrogen) atoms. The normalized spacial score (nSPS) is 11.6. The molecule has 0 saturated heterocycles. The van der Waals surface area contributed by atoms with Crippen LogP contribution in [0.5, 0.6) is 11.5 Å². The van der Waals surface area contributed by atoms with Crippen LogP contribution in [0.4, 0.5) is 0 Å². The molecule has 1 amide bonds. The summed E-state index contributed by atoms with van der Waals surface area (Å²) in [4.78, 5) is 13.9. The van der Waals surface area contributed by atoms with Crippen molar-refractivity contribution in [3.05, 3.63) is 89.5 Å². The minimum atomic E-state index is -0.172. The van der Waals surface area contributed by atoms with E-state index in [1.165, 1.54) is 5.56 Å². The third-order valence-electron chi connectivity index (χ3n) is 4.62. The van der Waals surface area contributed by atoms with E-state index in [9.17, 15) is 4.79 Å². The van der Waals surface area contributed by atoms with Gasteiger partial charge in [-0.25, -0.2) is 0 Å². The van der Waals surface area contributed by atoms with Crippen molar-refractivity contribution in [2.45, 2.75) is 23.6 Å². The number of nitrogens with one attached hydrogen (secondary N) is 1. The molecule has 3 aromatic rings. The van der Waals surface area contributed by atoms with Gasteiger partial charge in [0.15, 0.2) is 11.5 Å². The van der Waals surface area contributed by atoms with E-state index < -0.39 is 0 Å². The molecule has 0 saturated carbocycles. The first-order valence-corrected chi connectivity index (χ1v) is 10.4. The zero-order chi connectivity index (χ0) is 20.6. The maximum atomic E-state index is 13.0. The van der Waals surface area contributed by atoms with Crippen molar-refractivity contribution in [2.24, 2.45) is 0 Å². The van der Waals surface area contributed by atoms with Crippen molar-refractivity contribution in [1.29, 1.82) is 0 Å². The van der Waals surface area contributed by atoms with Gasteiger partial charge in [-0.1, -0.05) is 48.5 Å². The Bertz CT molecular complexity index is 959. The lowest BCUT2D eigenvalue weighted by molar-refractivity contribution is 0.0937. The molecular weight excluding hydrogens is 382 g/mol. The second-order valence-corrected chi connectivity index (χ2v) is 7.60. The van der Waals surface area contributed by atoms with Gasteiger partial charge in [0, 0.05) is 10.6 Å². The van der Waals surface area contributed by atoms with Crippen molar-refractivity contribution in [1.82, 2.24) is 5.32 Å². The smallest absolute Gasteiger partial charge is 0.252 e. The number of amides is 1. The van der Waals surface area contributed by atoms with Crippen LogP contribution >= 0.6 is 11.8 Å². The molecule has 150 valence electrons. The number of thioether (sulfide) groups is 1. The summed E-state index contributed by atoms with van der Waals surface area (Å²) in [6, 6.07) is 23.4. The number of methoxy groups -OCH3 is 2. The number of hydrogen-bond donors (Lipinski definition) is 1.